The molecule has 1 saturated heterocycles. The molecule has 8 nitrogen and oxygen atoms in total. The normalized spacial score (nSPS) is 16.0. The third kappa shape index (κ3) is 5.34. The van der Waals surface area contributed by atoms with E-state index < -0.39 is 11.5 Å². The molecule has 0 radical (unpaired) electrons. The standard InChI is InChI=1S/C25H28N4O4/c1-25(2,3)33-24(31)28-14-13-18(15-28)29-16-21(23(26)30)22(27-29)17-9-11-20(12-10-17)32-19-7-5-4-6-8-19/h4-12,16,18H,13-15H2,1-3H3,(H2,26,30)/t18-/m1/s1. The van der Waals surface area contributed by atoms with Crippen LogP contribution < -0.4 is 10.5 Å². The summed E-state index contributed by atoms with van der Waals surface area (Å²) in [5.74, 6) is 0.861. The van der Waals surface area contributed by atoms with Crippen molar-refractivity contribution in [2.75, 3.05) is 13.1 Å². The average molecular weight is 449 g/mol. The molecular weight excluding hydrogens is 420 g/mol. The molecule has 33 heavy (non-hydrogen) atoms. The van der Waals surface area contributed by atoms with Gasteiger partial charge in [0.05, 0.1) is 11.6 Å². The molecule has 0 aliphatic carbocycles. The van der Waals surface area contributed by atoms with Gasteiger partial charge in [0.2, 0.25) is 0 Å². The lowest BCUT2D eigenvalue weighted by Crippen LogP contribution is -2.35. The van der Waals surface area contributed by atoms with Crippen LogP contribution in [0.4, 0.5) is 4.79 Å². The first kappa shape index (κ1) is 22.4. The van der Waals surface area contributed by atoms with Gasteiger partial charge in [-0.05, 0) is 63.6 Å². The highest BCUT2D eigenvalue weighted by Crippen LogP contribution is 2.30. The Kier molecular flexibility index (Phi) is 6.09. The number of rotatable bonds is 5. The summed E-state index contributed by atoms with van der Waals surface area (Å²) in [5.41, 5.74) is 6.68. The van der Waals surface area contributed by atoms with E-state index >= 15 is 0 Å². The number of nitrogens with zero attached hydrogens (tertiary/aromatic N) is 3. The predicted molar refractivity (Wildman–Crippen MR) is 124 cm³/mol. The minimum Gasteiger partial charge on any atom is -0.457 e. The molecule has 3 aromatic rings. The molecular formula is C25H28N4O4. The quantitative estimate of drug-likeness (QED) is 0.614. The number of hydrogen-bond donors (Lipinski definition) is 1. The van der Waals surface area contributed by atoms with E-state index in [1.165, 1.54) is 0 Å². The number of amides is 2. The SMILES string of the molecule is CC(C)(C)OC(=O)N1CC[C@@H](n2cc(C(N)=O)c(-c3ccc(Oc4ccccc4)cc3)n2)C1. The van der Waals surface area contributed by atoms with Crippen molar-refractivity contribution in [3.63, 3.8) is 0 Å². The maximum atomic E-state index is 12.4. The van der Waals surface area contributed by atoms with Gasteiger partial charge in [-0.3, -0.25) is 9.48 Å². The van der Waals surface area contributed by atoms with Gasteiger partial charge in [-0.1, -0.05) is 18.2 Å². The molecule has 0 saturated carbocycles. The Hall–Kier alpha value is -3.81. The lowest BCUT2D eigenvalue weighted by atomic mass is 10.1. The van der Waals surface area contributed by atoms with Crippen molar-refractivity contribution < 1.29 is 19.1 Å². The highest BCUT2D eigenvalue weighted by molar-refractivity contribution is 5.98. The molecule has 1 atom stereocenters. The Morgan fingerprint density at radius 2 is 1.70 bits per heavy atom. The number of hydrogen-bond acceptors (Lipinski definition) is 5. The minimum absolute atomic E-state index is 0.0648. The van der Waals surface area contributed by atoms with Gasteiger partial charge in [-0.25, -0.2) is 4.79 Å². The summed E-state index contributed by atoms with van der Waals surface area (Å²) in [5, 5.41) is 4.66. The number of benzene rings is 2. The van der Waals surface area contributed by atoms with Gasteiger partial charge >= 0.3 is 6.09 Å². The molecule has 8 heteroatoms. The number of aromatic nitrogens is 2. The van der Waals surface area contributed by atoms with Crippen LogP contribution in [-0.4, -0.2) is 45.4 Å². The molecule has 0 unspecified atom stereocenters. The number of likely N-dealkylation sites (tertiary alicyclic amines) is 1. The van der Waals surface area contributed by atoms with E-state index in [2.05, 4.69) is 5.10 Å². The van der Waals surface area contributed by atoms with Crippen LogP contribution >= 0.6 is 0 Å². The lowest BCUT2D eigenvalue weighted by Gasteiger charge is -2.24. The number of carbonyl (C=O) groups excluding carboxylic acids is 2. The first-order valence-corrected chi connectivity index (χ1v) is 10.9. The molecule has 1 aliphatic heterocycles. The molecule has 2 heterocycles. The second kappa shape index (κ2) is 8.97. The van der Waals surface area contributed by atoms with Gasteiger partial charge in [-0.15, -0.1) is 0 Å². The van der Waals surface area contributed by atoms with Crippen molar-refractivity contribution in [1.29, 1.82) is 0 Å². The maximum Gasteiger partial charge on any atom is 0.410 e. The summed E-state index contributed by atoms with van der Waals surface area (Å²) < 4.78 is 13.0. The summed E-state index contributed by atoms with van der Waals surface area (Å²) in [4.78, 5) is 26.2. The van der Waals surface area contributed by atoms with Crippen molar-refractivity contribution in [2.24, 2.45) is 5.73 Å². The predicted octanol–water partition coefficient (Wildman–Crippen LogP) is 4.62. The van der Waals surface area contributed by atoms with Crippen molar-refractivity contribution in [3.8, 4) is 22.8 Å². The van der Waals surface area contributed by atoms with Crippen LogP contribution in [-0.2, 0) is 4.74 Å². The Morgan fingerprint density at radius 3 is 2.33 bits per heavy atom. The molecule has 1 aromatic heterocycles. The Labute approximate surface area is 192 Å². The molecule has 172 valence electrons. The molecule has 4 rings (SSSR count). The third-order valence-corrected chi connectivity index (χ3v) is 5.29. The number of carbonyl (C=O) groups is 2. The number of para-hydroxylation sites is 1. The van der Waals surface area contributed by atoms with Gasteiger partial charge in [0.25, 0.3) is 5.91 Å². The molecule has 1 fully saturated rings. The van der Waals surface area contributed by atoms with Gasteiger partial charge < -0.3 is 20.1 Å². The van der Waals surface area contributed by atoms with Crippen LogP contribution in [0.1, 0.15) is 43.6 Å². The molecule has 0 bridgehead atoms. The van der Waals surface area contributed by atoms with E-state index in [0.717, 1.165) is 11.3 Å². The summed E-state index contributed by atoms with van der Waals surface area (Å²) in [7, 11) is 0. The maximum absolute atomic E-state index is 12.4. The number of ether oxygens (including phenoxy) is 2. The number of nitrogens with two attached hydrogens (primary N) is 1. The van der Waals surface area contributed by atoms with Gasteiger partial charge in [0.1, 0.15) is 22.8 Å². The summed E-state index contributed by atoms with van der Waals surface area (Å²) in [6.07, 6.45) is 2.03. The van der Waals surface area contributed by atoms with Gasteiger partial charge in [0.15, 0.2) is 0 Å². The smallest absolute Gasteiger partial charge is 0.410 e. The van der Waals surface area contributed by atoms with Gasteiger partial charge in [-0.2, -0.15) is 5.10 Å². The number of primary amides is 1. The fourth-order valence-corrected chi connectivity index (χ4v) is 3.73. The van der Waals surface area contributed by atoms with E-state index in [9.17, 15) is 9.59 Å². The second-order valence-corrected chi connectivity index (χ2v) is 9.04. The summed E-state index contributed by atoms with van der Waals surface area (Å²) in [6.45, 7) is 6.54. The molecule has 2 amide bonds. The van der Waals surface area contributed by atoms with Gasteiger partial charge in [0, 0.05) is 24.8 Å². The van der Waals surface area contributed by atoms with Crippen LogP contribution in [0.5, 0.6) is 11.5 Å². The Morgan fingerprint density at radius 1 is 1.03 bits per heavy atom. The topological polar surface area (TPSA) is 99.7 Å². The second-order valence-electron chi connectivity index (χ2n) is 9.04. The average Bonchev–Trinajstić information content (AvgIpc) is 3.42. The largest absolute Gasteiger partial charge is 0.457 e. The monoisotopic (exact) mass is 448 g/mol. The lowest BCUT2D eigenvalue weighted by molar-refractivity contribution is 0.0288. The van der Waals surface area contributed by atoms with E-state index in [4.69, 9.17) is 15.2 Å². The zero-order chi connectivity index (χ0) is 23.6. The van der Waals surface area contributed by atoms with E-state index in [-0.39, 0.29) is 12.1 Å². The van der Waals surface area contributed by atoms with E-state index in [1.807, 2.05) is 75.4 Å². The highest BCUT2D eigenvalue weighted by Gasteiger charge is 2.32. The molecule has 0 spiro atoms. The zero-order valence-electron chi connectivity index (χ0n) is 19.0. The first-order valence-electron chi connectivity index (χ1n) is 10.9. The minimum atomic E-state index is -0.553. The van der Waals surface area contributed by atoms with Crippen molar-refractivity contribution in [2.45, 2.75) is 38.8 Å². The van der Waals surface area contributed by atoms with Crippen LogP contribution in [0.2, 0.25) is 0 Å². The molecule has 2 aromatic carbocycles. The van der Waals surface area contributed by atoms with E-state index in [0.29, 0.717) is 36.5 Å². The first-order chi connectivity index (χ1) is 15.7. The van der Waals surface area contributed by atoms with Crippen molar-refractivity contribution in [1.82, 2.24) is 14.7 Å². The van der Waals surface area contributed by atoms with Crippen LogP contribution in [0.25, 0.3) is 11.3 Å². The van der Waals surface area contributed by atoms with Crippen LogP contribution in [0.3, 0.4) is 0 Å². The molecule has 2 N–H and O–H groups in total. The van der Waals surface area contributed by atoms with Crippen molar-refractivity contribution in [3.05, 3.63) is 66.4 Å². The van der Waals surface area contributed by atoms with Crippen molar-refractivity contribution >= 4 is 12.0 Å². The summed E-state index contributed by atoms with van der Waals surface area (Å²) >= 11 is 0. The van der Waals surface area contributed by atoms with E-state index in [1.54, 1.807) is 15.8 Å². The Bertz CT molecular complexity index is 1130. The highest BCUT2D eigenvalue weighted by atomic mass is 16.6. The van der Waals surface area contributed by atoms with Crippen LogP contribution in [0.15, 0.2) is 60.8 Å². The third-order valence-electron chi connectivity index (χ3n) is 5.29. The fourth-order valence-electron chi connectivity index (χ4n) is 3.73. The zero-order valence-corrected chi connectivity index (χ0v) is 19.0. The Balaban J connectivity index is 1.52. The van der Waals surface area contributed by atoms with Crippen LogP contribution in [0, 0.1) is 0 Å². The fraction of sp³-hybridized carbons (Fsp3) is 0.320. The summed E-state index contributed by atoms with van der Waals surface area (Å²) in [6, 6.07) is 16.8. The molecule has 1 aliphatic rings.